The normalized spacial score (nSPS) is 10.6. The fraction of sp³-hybridized carbons (Fsp3) is 0.100. The Bertz CT molecular complexity index is 487. The Balaban J connectivity index is 2.55. The summed E-state index contributed by atoms with van der Waals surface area (Å²) >= 11 is 0. The number of rotatable bonds is 2. The summed E-state index contributed by atoms with van der Waals surface area (Å²) < 4.78 is 0. The van der Waals surface area contributed by atoms with Crippen molar-refractivity contribution < 1.29 is 15.0 Å². The van der Waals surface area contributed by atoms with Gasteiger partial charge in [0.1, 0.15) is 5.75 Å². The molecule has 0 unspecified atom stereocenters. The van der Waals surface area contributed by atoms with E-state index in [2.05, 4.69) is 4.98 Å². The van der Waals surface area contributed by atoms with Gasteiger partial charge >= 0.3 is 0 Å². The Hall–Kier alpha value is -1.97. The molecule has 4 nitrogen and oxygen atoms in total. The van der Waals surface area contributed by atoms with Crippen molar-refractivity contribution in [2.24, 2.45) is 0 Å². The van der Waals surface area contributed by atoms with E-state index in [1.165, 1.54) is 6.07 Å². The van der Waals surface area contributed by atoms with Gasteiger partial charge in [-0.1, -0.05) is 0 Å². The van der Waals surface area contributed by atoms with Crippen molar-refractivity contribution in [1.29, 1.82) is 0 Å². The molecule has 0 atom stereocenters. The Kier molecular flexibility index (Phi) is 1.89. The number of hydrogen-bond acceptors (Lipinski definition) is 3. The van der Waals surface area contributed by atoms with Gasteiger partial charge in [-0.2, -0.15) is 0 Å². The van der Waals surface area contributed by atoms with Crippen LogP contribution < -0.4 is 5.11 Å². The summed E-state index contributed by atoms with van der Waals surface area (Å²) in [7, 11) is 0. The van der Waals surface area contributed by atoms with Crippen LogP contribution in [0.15, 0.2) is 24.4 Å². The number of carboxylic acids is 1. The standard InChI is InChI=1S/C10H9NO3/c12-7-1-2-9-8(4-7)6(5-11-9)3-10(13)14/h1-2,4-5,11-12H,3H2,(H,13,14)/p-1. The van der Waals surface area contributed by atoms with E-state index >= 15 is 0 Å². The summed E-state index contributed by atoms with van der Waals surface area (Å²) in [5.74, 6) is -1.01. The summed E-state index contributed by atoms with van der Waals surface area (Å²) in [6.45, 7) is 0. The Labute approximate surface area is 79.8 Å². The molecule has 0 aliphatic carbocycles. The molecule has 14 heavy (non-hydrogen) atoms. The monoisotopic (exact) mass is 190 g/mol. The quantitative estimate of drug-likeness (QED) is 0.708. The van der Waals surface area contributed by atoms with E-state index in [0.29, 0.717) is 10.9 Å². The second-order valence-corrected chi connectivity index (χ2v) is 3.09. The number of phenols is 1. The lowest BCUT2D eigenvalue weighted by Crippen LogP contribution is -2.24. The predicted octanol–water partition coefficient (Wildman–Crippen LogP) is 0.166. The molecule has 1 aromatic carbocycles. The molecule has 0 aliphatic heterocycles. The summed E-state index contributed by atoms with van der Waals surface area (Å²) in [6, 6.07) is 4.77. The molecule has 0 saturated heterocycles. The number of benzene rings is 1. The molecule has 0 bridgehead atoms. The van der Waals surface area contributed by atoms with Crippen LogP contribution >= 0.6 is 0 Å². The van der Waals surface area contributed by atoms with E-state index < -0.39 is 5.97 Å². The first kappa shape index (κ1) is 8.62. The third-order valence-corrected chi connectivity index (χ3v) is 2.09. The summed E-state index contributed by atoms with van der Waals surface area (Å²) in [5, 5.41) is 20.4. The number of aliphatic carboxylic acids is 1. The second-order valence-electron chi connectivity index (χ2n) is 3.09. The molecular formula is C10H8NO3-. The molecule has 72 valence electrons. The third-order valence-electron chi connectivity index (χ3n) is 2.09. The highest BCUT2D eigenvalue weighted by molar-refractivity contribution is 5.87. The van der Waals surface area contributed by atoms with Crippen LogP contribution in [0.2, 0.25) is 0 Å². The van der Waals surface area contributed by atoms with Crippen LogP contribution in [0.3, 0.4) is 0 Å². The first-order valence-corrected chi connectivity index (χ1v) is 4.15. The highest BCUT2D eigenvalue weighted by atomic mass is 16.4. The molecule has 0 radical (unpaired) electrons. The Morgan fingerprint density at radius 1 is 1.50 bits per heavy atom. The van der Waals surface area contributed by atoms with Gasteiger partial charge in [-0.15, -0.1) is 0 Å². The van der Waals surface area contributed by atoms with E-state index in [1.807, 2.05) is 0 Å². The minimum Gasteiger partial charge on any atom is -0.550 e. The topological polar surface area (TPSA) is 76.1 Å². The summed E-state index contributed by atoms with van der Waals surface area (Å²) in [6.07, 6.45) is 1.46. The van der Waals surface area contributed by atoms with Crippen LogP contribution in [0.1, 0.15) is 5.56 Å². The Morgan fingerprint density at radius 3 is 3.00 bits per heavy atom. The van der Waals surface area contributed by atoms with Crippen molar-refractivity contribution in [2.45, 2.75) is 6.42 Å². The summed E-state index contributed by atoms with van der Waals surface area (Å²) in [5.41, 5.74) is 1.43. The van der Waals surface area contributed by atoms with Crippen LogP contribution in [0.5, 0.6) is 5.75 Å². The van der Waals surface area contributed by atoms with Gasteiger partial charge in [0.15, 0.2) is 0 Å². The van der Waals surface area contributed by atoms with Crippen LogP contribution in [-0.4, -0.2) is 16.1 Å². The molecule has 2 aromatic rings. The molecule has 0 fully saturated rings. The molecule has 0 amide bonds. The maximum absolute atomic E-state index is 10.4. The van der Waals surface area contributed by atoms with Crippen LogP contribution in [0.4, 0.5) is 0 Å². The highest BCUT2D eigenvalue weighted by Gasteiger charge is 2.04. The van der Waals surface area contributed by atoms with Gasteiger partial charge in [-0.25, -0.2) is 0 Å². The van der Waals surface area contributed by atoms with Gasteiger partial charge < -0.3 is 20.0 Å². The van der Waals surface area contributed by atoms with E-state index in [9.17, 15) is 15.0 Å². The molecular weight excluding hydrogens is 182 g/mol. The van der Waals surface area contributed by atoms with E-state index in [-0.39, 0.29) is 12.2 Å². The minimum atomic E-state index is -1.13. The lowest BCUT2D eigenvalue weighted by molar-refractivity contribution is -0.304. The van der Waals surface area contributed by atoms with Crippen molar-refractivity contribution in [3.63, 3.8) is 0 Å². The number of fused-ring (bicyclic) bond motifs is 1. The van der Waals surface area contributed by atoms with Gasteiger partial charge in [-0.05, 0) is 23.8 Å². The van der Waals surface area contributed by atoms with Crippen molar-refractivity contribution in [1.82, 2.24) is 4.98 Å². The molecule has 2 rings (SSSR count). The van der Waals surface area contributed by atoms with Gasteiger partial charge in [-0.3, -0.25) is 0 Å². The minimum absolute atomic E-state index is 0.122. The number of carbonyl (C=O) groups is 1. The average molecular weight is 190 g/mol. The SMILES string of the molecule is O=C([O-])Cc1c[nH]c2ccc(O)cc12. The Morgan fingerprint density at radius 2 is 2.29 bits per heavy atom. The smallest absolute Gasteiger partial charge is 0.116 e. The zero-order valence-electron chi connectivity index (χ0n) is 7.28. The first-order valence-electron chi connectivity index (χ1n) is 4.15. The van der Waals surface area contributed by atoms with Crippen molar-refractivity contribution in [3.8, 4) is 5.75 Å². The molecule has 0 saturated carbocycles. The number of phenolic OH excluding ortho intramolecular Hbond substituents is 1. The van der Waals surface area contributed by atoms with Gasteiger partial charge in [0, 0.05) is 29.5 Å². The number of carboxylic acid groups (broad SMARTS) is 1. The number of hydrogen-bond donors (Lipinski definition) is 2. The predicted molar refractivity (Wildman–Crippen MR) is 48.7 cm³/mol. The summed E-state index contributed by atoms with van der Waals surface area (Å²) in [4.78, 5) is 13.3. The van der Waals surface area contributed by atoms with Crippen LogP contribution in [-0.2, 0) is 11.2 Å². The van der Waals surface area contributed by atoms with Crippen molar-refractivity contribution in [3.05, 3.63) is 30.0 Å². The van der Waals surface area contributed by atoms with Crippen LogP contribution in [0, 0.1) is 0 Å². The molecule has 2 N–H and O–H groups in total. The lowest BCUT2D eigenvalue weighted by Gasteiger charge is -2.00. The van der Waals surface area contributed by atoms with Gasteiger partial charge in [0.05, 0.1) is 0 Å². The zero-order valence-corrected chi connectivity index (χ0v) is 7.28. The molecule has 4 heteroatoms. The van der Waals surface area contributed by atoms with E-state index in [0.717, 1.165) is 5.52 Å². The highest BCUT2D eigenvalue weighted by Crippen LogP contribution is 2.22. The van der Waals surface area contributed by atoms with E-state index in [1.54, 1.807) is 18.3 Å². The van der Waals surface area contributed by atoms with Gasteiger partial charge in [0.25, 0.3) is 0 Å². The van der Waals surface area contributed by atoms with Crippen LogP contribution in [0.25, 0.3) is 10.9 Å². The van der Waals surface area contributed by atoms with Gasteiger partial charge in [0.2, 0.25) is 0 Å². The number of aromatic hydroxyl groups is 1. The molecule has 1 aromatic heterocycles. The fourth-order valence-electron chi connectivity index (χ4n) is 1.47. The van der Waals surface area contributed by atoms with Crippen molar-refractivity contribution >= 4 is 16.9 Å². The maximum Gasteiger partial charge on any atom is 0.116 e. The number of aromatic amines is 1. The fourth-order valence-corrected chi connectivity index (χ4v) is 1.47. The number of aromatic nitrogens is 1. The second kappa shape index (κ2) is 3.06. The molecule has 1 heterocycles. The maximum atomic E-state index is 10.4. The first-order chi connectivity index (χ1) is 6.66. The zero-order chi connectivity index (χ0) is 10.1. The largest absolute Gasteiger partial charge is 0.550 e. The lowest BCUT2D eigenvalue weighted by atomic mass is 10.1. The molecule has 0 spiro atoms. The number of carbonyl (C=O) groups excluding carboxylic acids is 1. The molecule has 0 aliphatic rings. The average Bonchev–Trinajstić information content (AvgIpc) is 2.47. The van der Waals surface area contributed by atoms with Crippen molar-refractivity contribution in [2.75, 3.05) is 0 Å². The number of nitrogens with one attached hydrogen (secondary N) is 1. The third kappa shape index (κ3) is 1.42. The number of H-pyrrole nitrogens is 1. The van der Waals surface area contributed by atoms with E-state index in [4.69, 9.17) is 0 Å².